The fourth-order valence-electron chi connectivity index (χ4n) is 2.46. The van der Waals surface area contributed by atoms with Crippen LogP contribution in [0, 0.1) is 0 Å². The topological polar surface area (TPSA) is 49.8 Å². The molecule has 20 heavy (non-hydrogen) atoms. The summed E-state index contributed by atoms with van der Waals surface area (Å²) in [5.41, 5.74) is 1.24. The Kier molecular flexibility index (Phi) is 5.31. The van der Waals surface area contributed by atoms with Gasteiger partial charge in [0, 0.05) is 18.0 Å². The summed E-state index contributed by atoms with van der Waals surface area (Å²) in [7, 11) is 0. The van der Waals surface area contributed by atoms with Crippen LogP contribution in [0.15, 0.2) is 23.1 Å². The van der Waals surface area contributed by atoms with Crippen LogP contribution < -0.4 is 4.90 Å². The van der Waals surface area contributed by atoms with Crippen LogP contribution in [0.25, 0.3) is 0 Å². The minimum atomic E-state index is -0.851. The van der Waals surface area contributed by atoms with Gasteiger partial charge in [0.15, 0.2) is 0 Å². The molecule has 1 N–H and O–H groups in total. The third-order valence-corrected chi connectivity index (χ3v) is 4.39. The fraction of sp³-hybridized carbons (Fsp3) is 0.533. The summed E-state index contributed by atoms with van der Waals surface area (Å²) in [5.74, 6) is 0.0147. The van der Waals surface area contributed by atoms with Crippen LogP contribution in [0.3, 0.4) is 0 Å². The van der Waals surface area contributed by atoms with Crippen LogP contribution >= 0.6 is 11.8 Å². The molecular weight excluding hydrogens is 274 g/mol. The van der Waals surface area contributed by atoms with E-state index < -0.39 is 5.97 Å². The number of aromatic carboxylic acids is 1. The maximum absolute atomic E-state index is 11.6. The largest absolute Gasteiger partial charge is 0.478 e. The van der Waals surface area contributed by atoms with E-state index in [0.29, 0.717) is 12.2 Å². The van der Waals surface area contributed by atoms with Gasteiger partial charge in [0.05, 0.1) is 24.0 Å². The molecule has 1 atom stereocenters. The smallest absolute Gasteiger partial charge is 0.338 e. The lowest BCUT2D eigenvalue weighted by Gasteiger charge is -2.35. The van der Waals surface area contributed by atoms with E-state index in [1.54, 1.807) is 11.8 Å². The van der Waals surface area contributed by atoms with Gasteiger partial charge in [-0.05, 0) is 24.3 Å². The number of thioether (sulfide) groups is 1. The number of anilines is 1. The van der Waals surface area contributed by atoms with E-state index in [0.717, 1.165) is 35.8 Å². The number of ether oxygens (including phenoxy) is 1. The Morgan fingerprint density at radius 3 is 2.95 bits per heavy atom. The third kappa shape index (κ3) is 3.27. The van der Waals surface area contributed by atoms with E-state index in [2.05, 4.69) is 11.8 Å². The van der Waals surface area contributed by atoms with Gasteiger partial charge in [-0.2, -0.15) is 0 Å². The highest BCUT2D eigenvalue weighted by Crippen LogP contribution is 2.32. The van der Waals surface area contributed by atoms with Crippen LogP contribution in [-0.4, -0.2) is 42.6 Å². The number of rotatable bonds is 5. The summed E-state index contributed by atoms with van der Waals surface area (Å²) >= 11 is 1.58. The number of carboxylic acids is 1. The van der Waals surface area contributed by atoms with Crippen molar-refractivity contribution in [2.45, 2.75) is 31.3 Å². The molecule has 0 spiro atoms. The molecule has 1 aliphatic rings. The van der Waals surface area contributed by atoms with Crippen LogP contribution in [0.2, 0.25) is 0 Å². The molecule has 1 aliphatic heterocycles. The van der Waals surface area contributed by atoms with Crippen LogP contribution in [0.1, 0.15) is 30.6 Å². The molecule has 1 unspecified atom stereocenters. The van der Waals surface area contributed by atoms with E-state index in [1.165, 1.54) is 0 Å². The van der Waals surface area contributed by atoms with Crippen molar-refractivity contribution in [2.24, 2.45) is 0 Å². The molecule has 0 saturated carbocycles. The van der Waals surface area contributed by atoms with Gasteiger partial charge in [0.25, 0.3) is 0 Å². The van der Waals surface area contributed by atoms with Gasteiger partial charge in [0.1, 0.15) is 0 Å². The van der Waals surface area contributed by atoms with Crippen molar-refractivity contribution in [1.29, 1.82) is 0 Å². The Morgan fingerprint density at radius 2 is 2.30 bits per heavy atom. The van der Waals surface area contributed by atoms with E-state index in [9.17, 15) is 9.90 Å². The Labute approximate surface area is 124 Å². The monoisotopic (exact) mass is 295 g/mol. The molecule has 0 radical (unpaired) electrons. The van der Waals surface area contributed by atoms with Gasteiger partial charge in [0.2, 0.25) is 0 Å². The van der Waals surface area contributed by atoms with Gasteiger partial charge in [-0.25, -0.2) is 4.79 Å². The summed E-state index contributed by atoms with van der Waals surface area (Å²) < 4.78 is 5.66. The average Bonchev–Trinajstić information content (AvgIpc) is 2.47. The normalized spacial score (nSPS) is 19.1. The van der Waals surface area contributed by atoms with Gasteiger partial charge in [-0.3, -0.25) is 0 Å². The zero-order valence-corrected chi connectivity index (χ0v) is 12.8. The van der Waals surface area contributed by atoms with E-state index >= 15 is 0 Å². The van der Waals surface area contributed by atoms with Crippen LogP contribution in [0.4, 0.5) is 5.69 Å². The van der Waals surface area contributed by atoms with Crippen molar-refractivity contribution in [2.75, 3.05) is 30.3 Å². The molecule has 1 fully saturated rings. The zero-order chi connectivity index (χ0) is 14.5. The Morgan fingerprint density at radius 1 is 1.50 bits per heavy atom. The number of carboxylic acid groups (broad SMARTS) is 1. The number of nitrogens with zero attached hydrogens (tertiary/aromatic N) is 1. The summed E-state index contributed by atoms with van der Waals surface area (Å²) in [6, 6.07) is 5.73. The lowest BCUT2D eigenvalue weighted by molar-refractivity contribution is 0.0382. The number of hydrogen-bond acceptors (Lipinski definition) is 4. The molecule has 110 valence electrons. The van der Waals surface area contributed by atoms with Crippen LogP contribution in [-0.2, 0) is 4.74 Å². The molecule has 1 aromatic carbocycles. The first-order valence-corrected chi connectivity index (χ1v) is 8.01. The summed E-state index contributed by atoms with van der Waals surface area (Å²) in [4.78, 5) is 14.6. The van der Waals surface area contributed by atoms with Crippen molar-refractivity contribution in [3.63, 3.8) is 0 Å². The number of hydrogen-bond donors (Lipinski definition) is 1. The number of morpholine rings is 1. The van der Waals surface area contributed by atoms with Crippen molar-refractivity contribution in [3.05, 3.63) is 23.8 Å². The molecule has 2 rings (SSSR count). The first-order valence-electron chi connectivity index (χ1n) is 7.03. The molecule has 1 aromatic rings. The molecule has 0 bridgehead atoms. The van der Waals surface area contributed by atoms with Crippen molar-refractivity contribution in [3.8, 4) is 0 Å². The molecular formula is C15H21NO3S. The molecule has 1 heterocycles. The second-order valence-corrected chi connectivity index (χ2v) is 6.04. The maximum atomic E-state index is 11.6. The lowest BCUT2D eigenvalue weighted by Crippen LogP contribution is -2.42. The average molecular weight is 295 g/mol. The third-order valence-electron chi connectivity index (χ3n) is 3.45. The molecule has 0 amide bonds. The maximum Gasteiger partial charge on any atom is 0.338 e. The predicted molar refractivity (Wildman–Crippen MR) is 82.0 cm³/mol. The van der Waals surface area contributed by atoms with E-state index in [-0.39, 0.29) is 6.10 Å². The van der Waals surface area contributed by atoms with Crippen LogP contribution in [0.5, 0.6) is 0 Å². The standard InChI is InChI=1S/C15H21NO3S/c1-3-11-10-16(8-9-19-11)12-6-5-7-13(20-4-2)14(12)15(17)18/h5-7,11H,3-4,8-10H2,1-2H3,(H,17,18). The number of carbonyl (C=O) groups is 1. The van der Waals surface area contributed by atoms with E-state index in [1.807, 2.05) is 25.1 Å². The molecule has 1 saturated heterocycles. The SMILES string of the molecule is CCSc1cccc(N2CCOC(CC)C2)c1C(=O)O. The first kappa shape index (κ1) is 15.2. The second-order valence-electron chi connectivity index (χ2n) is 4.74. The van der Waals surface area contributed by atoms with Crippen molar-refractivity contribution < 1.29 is 14.6 Å². The molecule has 0 aliphatic carbocycles. The fourth-order valence-corrected chi connectivity index (χ4v) is 3.28. The quantitative estimate of drug-likeness (QED) is 0.846. The highest BCUT2D eigenvalue weighted by molar-refractivity contribution is 7.99. The van der Waals surface area contributed by atoms with E-state index in [4.69, 9.17) is 4.74 Å². The van der Waals surface area contributed by atoms with Gasteiger partial charge >= 0.3 is 5.97 Å². The van der Waals surface area contributed by atoms with Crippen molar-refractivity contribution in [1.82, 2.24) is 0 Å². The Bertz CT molecular complexity index is 478. The second kappa shape index (κ2) is 6.99. The molecule has 5 heteroatoms. The Hall–Kier alpha value is -1.20. The highest BCUT2D eigenvalue weighted by Gasteiger charge is 2.24. The Balaban J connectivity index is 2.34. The minimum absolute atomic E-state index is 0.188. The molecule has 0 aromatic heterocycles. The first-order chi connectivity index (χ1) is 9.67. The highest BCUT2D eigenvalue weighted by atomic mass is 32.2. The minimum Gasteiger partial charge on any atom is -0.478 e. The van der Waals surface area contributed by atoms with Gasteiger partial charge < -0.3 is 14.7 Å². The molecule has 4 nitrogen and oxygen atoms in total. The zero-order valence-electron chi connectivity index (χ0n) is 12.0. The van der Waals surface area contributed by atoms with Gasteiger partial charge in [-0.15, -0.1) is 11.8 Å². The summed E-state index contributed by atoms with van der Waals surface area (Å²) in [5, 5.41) is 9.56. The number of benzene rings is 1. The van der Waals surface area contributed by atoms with Crippen molar-refractivity contribution >= 4 is 23.4 Å². The summed E-state index contributed by atoms with van der Waals surface area (Å²) in [6.07, 6.45) is 1.13. The summed E-state index contributed by atoms with van der Waals surface area (Å²) in [6.45, 7) is 6.29. The van der Waals surface area contributed by atoms with Gasteiger partial charge in [-0.1, -0.05) is 19.9 Å². The predicted octanol–water partition coefficient (Wildman–Crippen LogP) is 3.11. The lowest BCUT2D eigenvalue weighted by atomic mass is 10.1.